The Morgan fingerprint density at radius 2 is 2.00 bits per heavy atom. The first kappa shape index (κ1) is 22.9. The SMILES string of the molecule is CCn1nc(C)cc1C(=O)N(CC1CCN(Cc2ccccc2F)CC1)C[C@@H]1CCCO1. The number of hydrogen-bond acceptors (Lipinski definition) is 4. The van der Waals surface area contributed by atoms with Crippen molar-refractivity contribution in [3.8, 4) is 0 Å². The minimum Gasteiger partial charge on any atom is -0.376 e. The summed E-state index contributed by atoms with van der Waals surface area (Å²) in [5.74, 6) is 0.360. The van der Waals surface area contributed by atoms with Crippen LogP contribution in [-0.4, -0.2) is 64.4 Å². The molecule has 1 aromatic heterocycles. The van der Waals surface area contributed by atoms with Crippen LogP contribution >= 0.6 is 0 Å². The van der Waals surface area contributed by atoms with E-state index in [0.29, 0.717) is 31.2 Å². The number of ether oxygens (including phenoxy) is 1. The van der Waals surface area contributed by atoms with Gasteiger partial charge in [-0.15, -0.1) is 0 Å². The fourth-order valence-electron chi connectivity index (χ4n) is 4.90. The van der Waals surface area contributed by atoms with Gasteiger partial charge in [-0.05, 0) is 70.7 Å². The molecule has 174 valence electrons. The second kappa shape index (κ2) is 10.6. The van der Waals surface area contributed by atoms with E-state index in [2.05, 4.69) is 10.00 Å². The zero-order chi connectivity index (χ0) is 22.5. The number of piperidine rings is 1. The number of amides is 1. The van der Waals surface area contributed by atoms with E-state index in [9.17, 15) is 9.18 Å². The van der Waals surface area contributed by atoms with E-state index in [4.69, 9.17) is 4.74 Å². The molecule has 2 fully saturated rings. The highest BCUT2D eigenvalue weighted by molar-refractivity contribution is 5.92. The standard InChI is InChI=1S/C25H35FN4O2/c1-3-30-24(15-19(2)27-30)25(31)29(18-22-8-6-14-32-22)16-20-10-12-28(13-11-20)17-21-7-4-5-9-23(21)26/h4-5,7,9,15,20,22H,3,6,8,10-14,16-18H2,1-2H3/t22-/m0/s1. The number of aryl methyl sites for hydroxylation is 2. The Kier molecular flexibility index (Phi) is 7.58. The van der Waals surface area contributed by atoms with Gasteiger partial charge >= 0.3 is 0 Å². The van der Waals surface area contributed by atoms with Crippen LogP contribution in [0, 0.1) is 18.7 Å². The van der Waals surface area contributed by atoms with Crippen molar-refractivity contribution in [2.75, 3.05) is 32.8 Å². The molecule has 0 aliphatic carbocycles. The predicted octanol–water partition coefficient (Wildman–Crippen LogP) is 3.88. The maximum absolute atomic E-state index is 14.0. The fraction of sp³-hybridized carbons (Fsp3) is 0.600. The zero-order valence-electron chi connectivity index (χ0n) is 19.3. The van der Waals surface area contributed by atoms with Crippen LogP contribution in [0.25, 0.3) is 0 Å². The first-order chi connectivity index (χ1) is 15.5. The van der Waals surface area contributed by atoms with E-state index in [1.165, 1.54) is 6.07 Å². The Labute approximate surface area is 190 Å². The van der Waals surface area contributed by atoms with Gasteiger partial charge in [0.1, 0.15) is 11.5 Å². The topological polar surface area (TPSA) is 50.6 Å². The third-order valence-corrected chi connectivity index (χ3v) is 6.69. The summed E-state index contributed by atoms with van der Waals surface area (Å²) < 4.78 is 21.7. The van der Waals surface area contributed by atoms with Gasteiger partial charge in [0.15, 0.2) is 0 Å². The van der Waals surface area contributed by atoms with E-state index in [-0.39, 0.29) is 17.8 Å². The minimum absolute atomic E-state index is 0.0525. The zero-order valence-corrected chi connectivity index (χ0v) is 19.3. The number of carbonyl (C=O) groups is 1. The first-order valence-corrected chi connectivity index (χ1v) is 11.9. The lowest BCUT2D eigenvalue weighted by atomic mass is 9.95. The second-order valence-electron chi connectivity index (χ2n) is 9.14. The molecule has 32 heavy (non-hydrogen) atoms. The molecule has 3 heterocycles. The summed E-state index contributed by atoms with van der Waals surface area (Å²) in [5.41, 5.74) is 2.29. The molecule has 1 atom stereocenters. The maximum Gasteiger partial charge on any atom is 0.272 e. The lowest BCUT2D eigenvalue weighted by Crippen LogP contribution is -2.44. The van der Waals surface area contributed by atoms with Gasteiger partial charge in [0.25, 0.3) is 5.91 Å². The Hall–Kier alpha value is -2.25. The van der Waals surface area contributed by atoms with E-state index >= 15 is 0 Å². The Balaban J connectivity index is 1.39. The summed E-state index contributed by atoms with van der Waals surface area (Å²) in [4.78, 5) is 17.8. The summed E-state index contributed by atoms with van der Waals surface area (Å²) in [6.45, 7) is 9.27. The molecule has 2 aromatic rings. The van der Waals surface area contributed by atoms with Gasteiger partial charge in [0, 0.05) is 38.3 Å². The van der Waals surface area contributed by atoms with Gasteiger partial charge in [-0.25, -0.2) is 4.39 Å². The van der Waals surface area contributed by atoms with Crippen LogP contribution in [0.15, 0.2) is 30.3 Å². The quantitative estimate of drug-likeness (QED) is 0.623. The van der Waals surface area contributed by atoms with Gasteiger partial charge in [0.05, 0.1) is 11.8 Å². The highest BCUT2D eigenvalue weighted by Crippen LogP contribution is 2.23. The van der Waals surface area contributed by atoms with Crippen molar-refractivity contribution < 1.29 is 13.9 Å². The molecule has 2 aliphatic rings. The number of halogens is 1. The molecule has 1 amide bonds. The normalized spacial score (nSPS) is 20.0. The Morgan fingerprint density at radius 1 is 1.22 bits per heavy atom. The van der Waals surface area contributed by atoms with Gasteiger partial charge in [0.2, 0.25) is 0 Å². The molecule has 7 heteroatoms. The highest BCUT2D eigenvalue weighted by atomic mass is 19.1. The summed E-state index contributed by atoms with van der Waals surface area (Å²) in [5, 5.41) is 4.47. The summed E-state index contributed by atoms with van der Waals surface area (Å²) >= 11 is 0. The largest absolute Gasteiger partial charge is 0.376 e. The lowest BCUT2D eigenvalue weighted by Gasteiger charge is -2.35. The van der Waals surface area contributed by atoms with Crippen molar-refractivity contribution in [1.29, 1.82) is 0 Å². The van der Waals surface area contributed by atoms with E-state index in [0.717, 1.165) is 63.2 Å². The molecular formula is C25H35FN4O2. The molecule has 1 aromatic carbocycles. The number of nitrogens with zero attached hydrogens (tertiary/aromatic N) is 4. The van der Waals surface area contributed by atoms with Crippen LogP contribution in [0.5, 0.6) is 0 Å². The molecule has 6 nitrogen and oxygen atoms in total. The Bertz CT molecular complexity index is 901. The second-order valence-corrected chi connectivity index (χ2v) is 9.14. The highest BCUT2D eigenvalue weighted by Gasteiger charge is 2.29. The molecule has 2 saturated heterocycles. The summed E-state index contributed by atoms with van der Waals surface area (Å²) in [7, 11) is 0. The maximum atomic E-state index is 14.0. The molecule has 0 saturated carbocycles. The molecule has 0 unspecified atom stereocenters. The molecular weight excluding hydrogens is 407 g/mol. The number of aromatic nitrogens is 2. The van der Waals surface area contributed by atoms with Crippen molar-refractivity contribution in [2.24, 2.45) is 5.92 Å². The van der Waals surface area contributed by atoms with Crippen molar-refractivity contribution in [3.05, 3.63) is 53.1 Å². The van der Waals surface area contributed by atoms with Crippen LogP contribution in [0.2, 0.25) is 0 Å². The van der Waals surface area contributed by atoms with Crippen molar-refractivity contribution in [3.63, 3.8) is 0 Å². The van der Waals surface area contributed by atoms with E-state index in [1.807, 2.05) is 36.9 Å². The van der Waals surface area contributed by atoms with Crippen LogP contribution in [-0.2, 0) is 17.8 Å². The fourth-order valence-corrected chi connectivity index (χ4v) is 4.90. The first-order valence-electron chi connectivity index (χ1n) is 11.9. The number of benzene rings is 1. The van der Waals surface area contributed by atoms with Gasteiger partial charge < -0.3 is 9.64 Å². The molecule has 0 bridgehead atoms. The Morgan fingerprint density at radius 3 is 2.69 bits per heavy atom. The summed E-state index contributed by atoms with van der Waals surface area (Å²) in [6.07, 6.45) is 4.22. The monoisotopic (exact) mass is 442 g/mol. The molecule has 0 N–H and O–H groups in total. The number of hydrogen-bond donors (Lipinski definition) is 0. The molecule has 0 spiro atoms. The van der Waals surface area contributed by atoms with Gasteiger partial charge in [-0.1, -0.05) is 18.2 Å². The van der Waals surface area contributed by atoms with Crippen LogP contribution in [0.1, 0.15) is 54.4 Å². The third kappa shape index (κ3) is 5.56. The molecule has 0 radical (unpaired) electrons. The van der Waals surface area contributed by atoms with Crippen molar-refractivity contribution in [1.82, 2.24) is 19.6 Å². The smallest absolute Gasteiger partial charge is 0.272 e. The molecule has 4 rings (SSSR count). The van der Waals surface area contributed by atoms with E-state index in [1.54, 1.807) is 10.7 Å². The van der Waals surface area contributed by atoms with Crippen LogP contribution in [0.3, 0.4) is 0 Å². The third-order valence-electron chi connectivity index (χ3n) is 6.69. The number of likely N-dealkylation sites (tertiary alicyclic amines) is 1. The lowest BCUT2D eigenvalue weighted by molar-refractivity contribution is 0.0435. The van der Waals surface area contributed by atoms with Crippen molar-refractivity contribution in [2.45, 2.75) is 58.7 Å². The minimum atomic E-state index is -0.134. The number of carbonyl (C=O) groups excluding carboxylic acids is 1. The predicted molar refractivity (Wildman–Crippen MR) is 122 cm³/mol. The van der Waals surface area contributed by atoms with Gasteiger partial charge in [-0.2, -0.15) is 5.10 Å². The number of rotatable bonds is 8. The van der Waals surface area contributed by atoms with Crippen LogP contribution in [0.4, 0.5) is 4.39 Å². The average molecular weight is 443 g/mol. The van der Waals surface area contributed by atoms with Crippen LogP contribution < -0.4 is 0 Å². The molecule has 2 aliphatic heterocycles. The van der Waals surface area contributed by atoms with Gasteiger partial charge in [-0.3, -0.25) is 14.4 Å². The summed E-state index contributed by atoms with van der Waals surface area (Å²) in [6, 6.07) is 8.91. The average Bonchev–Trinajstić information content (AvgIpc) is 3.45. The van der Waals surface area contributed by atoms with Crippen molar-refractivity contribution >= 4 is 5.91 Å². The van der Waals surface area contributed by atoms with E-state index < -0.39 is 0 Å².